The molecule has 1 aliphatic carbocycles. The van der Waals surface area contributed by atoms with Gasteiger partial charge in [-0.25, -0.2) is 9.59 Å². The van der Waals surface area contributed by atoms with Crippen molar-refractivity contribution in [3.05, 3.63) is 11.1 Å². The molecule has 120 valence electrons. The topological polar surface area (TPSA) is 101 Å². The van der Waals surface area contributed by atoms with Gasteiger partial charge in [-0.15, -0.1) is 0 Å². The summed E-state index contributed by atoms with van der Waals surface area (Å²) in [5.74, 6) is -2.81. The fourth-order valence-corrected chi connectivity index (χ4v) is 3.02. The molecular formula is C15H19NO6. The van der Waals surface area contributed by atoms with Crippen LogP contribution in [0.2, 0.25) is 0 Å². The second-order valence-corrected chi connectivity index (χ2v) is 6.70. The van der Waals surface area contributed by atoms with Gasteiger partial charge in [0.2, 0.25) is 11.6 Å². The number of rotatable bonds is 1. The van der Waals surface area contributed by atoms with Crippen molar-refractivity contribution in [2.45, 2.75) is 39.7 Å². The molecular weight excluding hydrogens is 290 g/mol. The van der Waals surface area contributed by atoms with E-state index in [1.165, 1.54) is 11.8 Å². The molecule has 2 rings (SSSR count). The maximum Gasteiger partial charge on any atom is 0.410 e. The lowest BCUT2D eigenvalue weighted by Crippen LogP contribution is -2.40. The van der Waals surface area contributed by atoms with Crippen molar-refractivity contribution in [2.24, 2.45) is 5.41 Å². The summed E-state index contributed by atoms with van der Waals surface area (Å²) in [5, 5.41) is 9.36. The minimum atomic E-state index is -1.43. The smallest absolute Gasteiger partial charge is 0.410 e. The number of carboxylic acid groups (broad SMARTS) is 1. The predicted molar refractivity (Wildman–Crippen MR) is 75.2 cm³/mol. The molecule has 1 amide bonds. The first kappa shape index (κ1) is 16.2. The zero-order chi connectivity index (χ0) is 16.9. The molecule has 1 heterocycles. The Labute approximate surface area is 127 Å². The Hall–Kier alpha value is -2.18. The number of carbonyl (C=O) groups is 4. The summed E-state index contributed by atoms with van der Waals surface area (Å²) in [5.41, 5.74) is -2.34. The van der Waals surface area contributed by atoms with Gasteiger partial charge in [-0.2, -0.15) is 0 Å². The SMILES string of the molecule is CC1=C(C(=O)O)C2(CCN(C(=O)OC(C)(C)C)C2)C(=O)C1=O. The molecule has 22 heavy (non-hydrogen) atoms. The predicted octanol–water partition coefficient (Wildman–Crippen LogP) is 1.17. The Morgan fingerprint density at radius 1 is 1.27 bits per heavy atom. The van der Waals surface area contributed by atoms with Gasteiger partial charge in [-0.05, 0) is 34.1 Å². The van der Waals surface area contributed by atoms with E-state index in [4.69, 9.17) is 4.74 Å². The Balaban J connectivity index is 2.31. The number of allylic oxidation sites excluding steroid dienone is 1. The third-order valence-electron chi connectivity index (χ3n) is 3.97. The number of likely N-dealkylation sites (tertiary alicyclic amines) is 1. The second-order valence-electron chi connectivity index (χ2n) is 6.70. The summed E-state index contributed by atoms with van der Waals surface area (Å²) in [6.07, 6.45) is -0.491. The fraction of sp³-hybridized carbons (Fsp3) is 0.600. The van der Waals surface area contributed by atoms with Gasteiger partial charge in [0.05, 0.1) is 11.0 Å². The zero-order valence-corrected chi connectivity index (χ0v) is 13.1. The van der Waals surface area contributed by atoms with Crippen molar-refractivity contribution in [3.63, 3.8) is 0 Å². The molecule has 0 radical (unpaired) electrons. The number of ether oxygens (including phenoxy) is 1. The monoisotopic (exact) mass is 309 g/mol. The minimum absolute atomic E-state index is 0.0384. The maximum absolute atomic E-state index is 12.3. The quantitative estimate of drug-likeness (QED) is 0.730. The van der Waals surface area contributed by atoms with E-state index >= 15 is 0 Å². The maximum atomic E-state index is 12.3. The van der Waals surface area contributed by atoms with Crippen LogP contribution in [-0.4, -0.2) is 52.3 Å². The number of amides is 1. The average Bonchev–Trinajstić information content (AvgIpc) is 2.86. The highest BCUT2D eigenvalue weighted by molar-refractivity contribution is 6.50. The van der Waals surface area contributed by atoms with Crippen molar-refractivity contribution in [1.82, 2.24) is 4.90 Å². The van der Waals surface area contributed by atoms with Crippen LogP contribution in [0, 0.1) is 5.41 Å². The lowest BCUT2D eigenvalue weighted by molar-refractivity contribution is -0.139. The Morgan fingerprint density at radius 2 is 1.86 bits per heavy atom. The second kappa shape index (κ2) is 4.93. The van der Waals surface area contributed by atoms with E-state index in [1.54, 1.807) is 20.8 Å². The van der Waals surface area contributed by atoms with E-state index in [0.717, 1.165) is 0 Å². The standard InChI is InChI=1S/C15H19NO6/c1-8-9(12(19)20)15(11(18)10(8)17)5-6-16(7-15)13(21)22-14(2,3)4/h5-7H2,1-4H3,(H,19,20). The molecule has 0 saturated carbocycles. The van der Waals surface area contributed by atoms with Gasteiger partial charge in [0.1, 0.15) is 5.60 Å². The highest BCUT2D eigenvalue weighted by Crippen LogP contribution is 2.45. The molecule has 0 aromatic heterocycles. The number of nitrogens with zero attached hydrogens (tertiary/aromatic N) is 1. The van der Waals surface area contributed by atoms with Crippen molar-refractivity contribution in [2.75, 3.05) is 13.1 Å². The van der Waals surface area contributed by atoms with Crippen molar-refractivity contribution < 1.29 is 29.0 Å². The summed E-state index contributed by atoms with van der Waals surface area (Å²) < 4.78 is 5.24. The van der Waals surface area contributed by atoms with E-state index in [1.807, 2.05) is 0 Å². The van der Waals surface area contributed by atoms with Crippen LogP contribution in [0.3, 0.4) is 0 Å². The third-order valence-corrected chi connectivity index (χ3v) is 3.97. The molecule has 1 saturated heterocycles. The number of aliphatic carboxylic acids is 1. The highest BCUT2D eigenvalue weighted by atomic mass is 16.6. The van der Waals surface area contributed by atoms with Gasteiger partial charge >= 0.3 is 12.1 Å². The van der Waals surface area contributed by atoms with Crippen LogP contribution < -0.4 is 0 Å². The molecule has 0 aromatic rings. The van der Waals surface area contributed by atoms with Crippen LogP contribution in [0.25, 0.3) is 0 Å². The summed E-state index contributed by atoms with van der Waals surface area (Å²) in [6, 6.07) is 0. The zero-order valence-electron chi connectivity index (χ0n) is 13.1. The summed E-state index contributed by atoms with van der Waals surface area (Å²) in [4.78, 5) is 49.0. The third kappa shape index (κ3) is 2.40. The van der Waals surface area contributed by atoms with Crippen molar-refractivity contribution in [1.29, 1.82) is 0 Å². The van der Waals surface area contributed by atoms with E-state index in [9.17, 15) is 24.3 Å². The highest BCUT2D eigenvalue weighted by Gasteiger charge is 2.58. The summed E-state index contributed by atoms with van der Waals surface area (Å²) >= 11 is 0. The molecule has 0 bridgehead atoms. The molecule has 7 heteroatoms. The first-order valence-corrected chi connectivity index (χ1v) is 7.01. The largest absolute Gasteiger partial charge is 0.478 e. The molecule has 1 unspecified atom stereocenters. The Morgan fingerprint density at radius 3 is 2.36 bits per heavy atom. The Bertz CT molecular complexity index is 612. The van der Waals surface area contributed by atoms with E-state index in [-0.39, 0.29) is 30.7 Å². The molecule has 1 N–H and O–H groups in total. The minimum Gasteiger partial charge on any atom is -0.478 e. The van der Waals surface area contributed by atoms with Crippen LogP contribution in [0.5, 0.6) is 0 Å². The fourth-order valence-electron chi connectivity index (χ4n) is 3.02. The van der Waals surface area contributed by atoms with Crippen LogP contribution in [0.1, 0.15) is 34.1 Å². The van der Waals surface area contributed by atoms with Crippen molar-refractivity contribution in [3.8, 4) is 0 Å². The number of carbonyl (C=O) groups excluding carboxylic acids is 3. The normalized spacial score (nSPS) is 25.4. The van der Waals surface area contributed by atoms with Gasteiger partial charge < -0.3 is 14.7 Å². The first-order valence-electron chi connectivity index (χ1n) is 7.01. The lowest BCUT2D eigenvalue weighted by Gasteiger charge is -2.26. The van der Waals surface area contributed by atoms with E-state index in [2.05, 4.69) is 0 Å². The molecule has 7 nitrogen and oxygen atoms in total. The summed E-state index contributed by atoms with van der Waals surface area (Å²) in [6.45, 7) is 6.53. The molecule has 1 fully saturated rings. The van der Waals surface area contributed by atoms with Gasteiger partial charge in [0, 0.05) is 18.7 Å². The van der Waals surface area contributed by atoms with E-state index < -0.39 is 34.6 Å². The average molecular weight is 309 g/mol. The first-order chi connectivity index (χ1) is 9.99. The number of Topliss-reactive ketones (excluding diaryl/α,β-unsaturated/α-hetero) is 2. The van der Waals surface area contributed by atoms with Gasteiger partial charge in [0.15, 0.2) is 0 Å². The molecule has 1 spiro atoms. The molecule has 0 aromatic carbocycles. The number of hydrogen-bond donors (Lipinski definition) is 1. The van der Waals surface area contributed by atoms with Crippen LogP contribution in [-0.2, 0) is 19.1 Å². The lowest BCUT2D eigenvalue weighted by atomic mass is 9.79. The molecule has 1 aliphatic heterocycles. The van der Waals surface area contributed by atoms with Gasteiger partial charge in [-0.3, -0.25) is 9.59 Å². The van der Waals surface area contributed by atoms with Crippen LogP contribution in [0.4, 0.5) is 4.79 Å². The van der Waals surface area contributed by atoms with Crippen LogP contribution in [0.15, 0.2) is 11.1 Å². The van der Waals surface area contributed by atoms with Crippen molar-refractivity contribution >= 4 is 23.6 Å². The number of ketones is 2. The van der Waals surface area contributed by atoms with E-state index in [0.29, 0.717) is 0 Å². The van der Waals surface area contributed by atoms with Gasteiger partial charge in [-0.1, -0.05) is 0 Å². The van der Waals surface area contributed by atoms with Gasteiger partial charge in [0.25, 0.3) is 0 Å². The van der Waals surface area contributed by atoms with Crippen LogP contribution >= 0.6 is 0 Å². The molecule has 2 aliphatic rings. The number of carboxylic acids is 1. The number of hydrogen-bond acceptors (Lipinski definition) is 5. The molecule has 1 atom stereocenters. The summed E-state index contributed by atoms with van der Waals surface area (Å²) in [7, 11) is 0. The Kier molecular flexibility index (Phi) is 3.63.